The van der Waals surface area contributed by atoms with Crippen molar-refractivity contribution in [2.24, 2.45) is 0 Å². The Kier molecular flexibility index (Phi) is 8.90. The van der Waals surface area contributed by atoms with E-state index in [1.807, 2.05) is 38.2 Å². The first-order valence-corrected chi connectivity index (χ1v) is 12.2. The van der Waals surface area contributed by atoms with Gasteiger partial charge in [-0.05, 0) is 45.8 Å². The number of aliphatic hydroxyl groups is 1. The van der Waals surface area contributed by atoms with Crippen molar-refractivity contribution >= 4 is 27.9 Å². The molecule has 2 aliphatic rings. The number of alkyl halides is 1. The van der Waals surface area contributed by atoms with Crippen LogP contribution in [0.3, 0.4) is 0 Å². The van der Waals surface area contributed by atoms with E-state index in [0.717, 1.165) is 48.6 Å². The van der Waals surface area contributed by atoms with Gasteiger partial charge in [-0.1, -0.05) is 34.2 Å². The largest absolute Gasteiger partial charge is 0.374 e. The molecular weight excluding hydrogens is 470 g/mol. The van der Waals surface area contributed by atoms with Gasteiger partial charge >= 0.3 is 0 Å². The highest BCUT2D eigenvalue weighted by molar-refractivity contribution is 9.09. The summed E-state index contributed by atoms with van der Waals surface area (Å²) in [4.78, 5) is 18.5. The van der Waals surface area contributed by atoms with Crippen molar-refractivity contribution in [3.63, 3.8) is 0 Å². The van der Waals surface area contributed by atoms with Crippen molar-refractivity contribution in [2.75, 3.05) is 26.2 Å². The highest BCUT2D eigenvalue weighted by Crippen LogP contribution is 2.25. The number of rotatable bonds is 6. The molecule has 3 rings (SSSR count). The second-order valence-corrected chi connectivity index (χ2v) is 10.0. The van der Waals surface area contributed by atoms with Gasteiger partial charge in [-0.25, -0.2) is 0 Å². The monoisotopic (exact) mass is 505 g/mol. The summed E-state index contributed by atoms with van der Waals surface area (Å²) in [6, 6.07) is 0.958. The number of aromatic amines is 1. The van der Waals surface area contributed by atoms with Gasteiger partial charge in [0.25, 0.3) is 5.91 Å². The zero-order chi connectivity index (χ0) is 23.3. The fourth-order valence-electron chi connectivity index (χ4n) is 4.48. The number of allylic oxidation sites excluding steroid dienone is 2. The van der Waals surface area contributed by atoms with E-state index >= 15 is 0 Å². The standard InChI is InChI=1S/C24H36BrN5O2/c1-15-13-30(14-16(2)28-15)11-10-27-24(32)22-17(3)21(29-18(22)4)12-19-7-8-20(25)6-5-9-26-23(19)31/h5,7-9,12,15-16,20,24,27-29,32H,6,10-11,13-14H2,1-4H3,(H,26,31)/b8-7+,9-5+,19-12-. The van der Waals surface area contributed by atoms with E-state index in [0.29, 0.717) is 24.2 Å². The van der Waals surface area contributed by atoms with Crippen LogP contribution >= 0.6 is 15.9 Å². The second-order valence-electron chi connectivity index (χ2n) is 8.87. The summed E-state index contributed by atoms with van der Waals surface area (Å²) in [5.41, 5.74) is 4.05. The SMILES string of the molecule is Cc1[nH]c(/C=C2/C=C/C(Br)C/C=C/NC2=O)c(C)c1C(O)NCCN1CC(C)NC(C)C1. The Labute approximate surface area is 199 Å². The number of carbonyl (C=O) groups excluding carboxylic acids is 1. The molecule has 0 radical (unpaired) electrons. The van der Waals surface area contributed by atoms with Crippen LogP contribution in [-0.2, 0) is 4.79 Å². The first-order valence-electron chi connectivity index (χ1n) is 11.3. The maximum Gasteiger partial charge on any atom is 0.255 e. The normalized spacial score (nSPS) is 29.1. The van der Waals surface area contributed by atoms with E-state index in [-0.39, 0.29) is 10.7 Å². The summed E-state index contributed by atoms with van der Waals surface area (Å²) >= 11 is 3.59. The van der Waals surface area contributed by atoms with Crippen LogP contribution in [0.1, 0.15) is 49.0 Å². The Morgan fingerprint density at radius 2 is 2.03 bits per heavy atom. The summed E-state index contributed by atoms with van der Waals surface area (Å²) in [6.45, 7) is 11.9. The minimum absolute atomic E-state index is 0.162. The van der Waals surface area contributed by atoms with E-state index in [9.17, 15) is 9.90 Å². The lowest BCUT2D eigenvalue weighted by atomic mass is 10.1. The molecule has 5 N–H and O–H groups in total. The van der Waals surface area contributed by atoms with Gasteiger partial charge in [0.05, 0.1) is 0 Å². The number of hydrogen-bond acceptors (Lipinski definition) is 5. The third-order valence-electron chi connectivity index (χ3n) is 5.95. The maximum atomic E-state index is 12.5. The van der Waals surface area contributed by atoms with Crippen molar-refractivity contribution in [3.8, 4) is 0 Å². The Morgan fingerprint density at radius 3 is 2.75 bits per heavy atom. The van der Waals surface area contributed by atoms with Crippen molar-refractivity contribution in [1.29, 1.82) is 0 Å². The lowest BCUT2D eigenvalue weighted by Gasteiger charge is -2.36. The van der Waals surface area contributed by atoms with Crippen molar-refractivity contribution in [2.45, 2.75) is 57.3 Å². The number of hydrogen-bond donors (Lipinski definition) is 5. The number of H-pyrrole nitrogens is 1. The summed E-state index contributed by atoms with van der Waals surface area (Å²) in [6.07, 6.45) is 9.30. The van der Waals surface area contributed by atoms with Gasteiger partial charge in [-0.3, -0.25) is 15.0 Å². The molecule has 4 atom stereocenters. The van der Waals surface area contributed by atoms with Crippen LogP contribution in [0.5, 0.6) is 0 Å². The molecule has 1 fully saturated rings. The van der Waals surface area contributed by atoms with Crippen molar-refractivity contribution < 1.29 is 9.90 Å². The van der Waals surface area contributed by atoms with Crippen LogP contribution < -0.4 is 16.0 Å². The number of halogens is 1. The van der Waals surface area contributed by atoms with Gasteiger partial charge in [-0.15, -0.1) is 0 Å². The molecule has 32 heavy (non-hydrogen) atoms. The molecular formula is C24H36BrN5O2. The van der Waals surface area contributed by atoms with Gasteiger partial charge < -0.3 is 20.7 Å². The zero-order valence-corrected chi connectivity index (χ0v) is 21.0. The van der Waals surface area contributed by atoms with Crippen molar-refractivity contribution in [1.82, 2.24) is 25.8 Å². The van der Waals surface area contributed by atoms with Crippen LogP contribution in [0, 0.1) is 13.8 Å². The quantitative estimate of drug-likeness (QED) is 0.233. The number of nitrogens with zero attached hydrogens (tertiary/aromatic N) is 1. The molecule has 3 heterocycles. The Morgan fingerprint density at radius 1 is 1.31 bits per heavy atom. The van der Waals surface area contributed by atoms with Crippen LogP contribution in [-0.4, -0.2) is 64.0 Å². The average molecular weight is 506 g/mol. The lowest BCUT2D eigenvalue weighted by Crippen LogP contribution is -2.55. The number of aryl methyl sites for hydroxylation is 1. The molecule has 4 unspecified atom stereocenters. The molecule has 0 spiro atoms. The van der Waals surface area contributed by atoms with Gasteiger partial charge in [0, 0.05) is 71.8 Å². The number of aliphatic hydroxyl groups excluding tert-OH is 1. The minimum atomic E-state index is -0.768. The number of aromatic nitrogens is 1. The number of carbonyl (C=O) groups is 1. The summed E-state index contributed by atoms with van der Waals surface area (Å²) in [5, 5.41) is 20.5. The maximum absolute atomic E-state index is 12.5. The topological polar surface area (TPSA) is 92.4 Å². The first-order chi connectivity index (χ1) is 15.2. The lowest BCUT2D eigenvalue weighted by molar-refractivity contribution is -0.116. The van der Waals surface area contributed by atoms with E-state index < -0.39 is 6.23 Å². The van der Waals surface area contributed by atoms with Crippen LogP contribution in [0.15, 0.2) is 30.0 Å². The van der Waals surface area contributed by atoms with Gasteiger partial charge in [-0.2, -0.15) is 0 Å². The third kappa shape index (κ3) is 6.65. The van der Waals surface area contributed by atoms with Crippen molar-refractivity contribution in [3.05, 3.63) is 52.5 Å². The van der Waals surface area contributed by atoms with E-state index in [1.165, 1.54) is 0 Å². The molecule has 8 heteroatoms. The summed E-state index contributed by atoms with van der Waals surface area (Å²) in [7, 11) is 0. The summed E-state index contributed by atoms with van der Waals surface area (Å²) < 4.78 is 0. The van der Waals surface area contributed by atoms with Crippen LogP contribution in [0.4, 0.5) is 0 Å². The molecule has 0 bridgehead atoms. The number of nitrogens with one attached hydrogen (secondary N) is 4. The molecule has 0 aromatic carbocycles. The van der Waals surface area contributed by atoms with E-state index in [4.69, 9.17) is 0 Å². The average Bonchev–Trinajstić information content (AvgIpc) is 3.03. The Balaban J connectivity index is 1.68. The first kappa shape index (κ1) is 24.9. The molecule has 2 aliphatic heterocycles. The van der Waals surface area contributed by atoms with Gasteiger partial charge in [0.2, 0.25) is 0 Å². The molecule has 1 amide bonds. The third-order valence-corrected chi connectivity index (χ3v) is 6.63. The predicted octanol–water partition coefficient (Wildman–Crippen LogP) is 2.63. The molecule has 1 saturated heterocycles. The fourth-order valence-corrected chi connectivity index (χ4v) is 4.84. The Hall–Kier alpha value is -1.71. The smallest absolute Gasteiger partial charge is 0.255 e. The van der Waals surface area contributed by atoms with Gasteiger partial charge in [0.15, 0.2) is 0 Å². The fraction of sp³-hybridized carbons (Fsp3) is 0.542. The highest BCUT2D eigenvalue weighted by Gasteiger charge is 2.22. The minimum Gasteiger partial charge on any atom is -0.374 e. The molecule has 7 nitrogen and oxygen atoms in total. The van der Waals surface area contributed by atoms with Crippen LogP contribution in [0.2, 0.25) is 0 Å². The summed E-state index contributed by atoms with van der Waals surface area (Å²) in [5.74, 6) is -0.162. The van der Waals surface area contributed by atoms with Crippen LogP contribution in [0.25, 0.3) is 6.08 Å². The number of amides is 1. The molecule has 0 aliphatic carbocycles. The van der Waals surface area contributed by atoms with Gasteiger partial charge in [0.1, 0.15) is 6.23 Å². The highest BCUT2D eigenvalue weighted by atomic mass is 79.9. The second kappa shape index (κ2) is 11.4. The number of piperazine rings is 1. The molecule has 1 aromatic rings. The zero-order valence-electron chi connectivity index (χ0n) is 19.4. The molecule has 1 aromatic heterocycles. The Bertz CT molecular complexity index is 881. The molecule has 0 saturated carbocycles. The molecule has 176 valence electrons. The van der Waals surface area contributed by atoms with E-state index in [1.54, 1.807) is 6.20 Å². The van der Waals surface area contributed by atoms with E-state index in [2.05, 4.69) is 55.6 Å². The predicted molar refractivity (Wildman–Crippen MR) is 133 cm³/mol.